The number of carbonyl (C=O) groups is 1. The Morgan fingerprint density at radius 3 is 2.30 bits per heavy atom. The topological polar surface area (TPSA) is 163 Å². The quantitative estimate of drug-likeness (QED) is 0.234. The minimum absolute atomic E-state index is 0.0386. The molecule has 50 heavy (non-hydrogen) atoms. The second kappa shape index (κ2) is 17.5. The van der Waals surface area contributed by atoms with E-state index in [-0.39, 0.29) is 54.1 Å². The SMILES string of the molecule is CN(C)CC(C)(C)CNC(=O)c1ccc2cc1OCCCC(O)C(O)CCCOc1ccc(cc1)CNc1nc(nc(OCC(F)(F)F)n1)N2. The van der Waals surface area contributed by atoms with Crippen molar-refractivity contribution >= 4 is 23.5 Å². The lowest BCUT2D eigenvalue weighted by atomic mass is 9.93. The third-order valence-electron chi connectivity index (χ3n) is 7.57. The molecule has 16 heteroatoms. The van der Waals surface area contributed by atoms with Crippen molar-refractivity contribution in [2.24, 2.45) is 5.41 Å². The number of fused-ring (bicyclic) bond motifs is 12. The van der Waals surface area contributed by atoms with Gasteiger partial charge in [-0.2, -0.15) is 28.1 Å². The van der Waals surface area contributed by atoms with Crippen LogP contribution in [0.15, 0.2) is 42.5 Å². The van der Waals surface area contributed by atoms with E-state index in [1.807, 2.05) is 32.8 Å². The summed E-state index contributed by atoms with van der Waals surface area (Å²) in [6.45, 7) is 4.29. The van der Waals surface area contributed by atoms with Crippen LogP contribution < -0.4 is 30.2 Å². The fourth-order valence-corrected chi connectivity index (χ4v) is 5.29. The minimum Gasteiger partial charge on any atom is -0.494 e. The van der Waals surface area contributed by atoms with E-state index in [9.17, 15) is 28.2 Å². The molecule has 1 amide bonds. The molecule has 6 bridgehead atoms. The minimum atomic E-state index is -4.62. The van der Waals surface area contributed by atoms with Crippen molar-refractivity contribution in [2.45, 2.75) is 64.5 Å². The monoisotopic (exact) mass is 705 g/mol. The van der Waals surface area contributed by atoms with Crippen LogP contribution in [0.2, 0.25) is 0 Å². The van der Waals surface area contributed by atoms with Crippen molar-refractivity contribution in [3.63, 3.8) is 0 Å². The van der Waals surface area contributed by atoms with Gasteiger partial charge in [0.25, 0.3) is 5.91 Å². The molecular formula is C34H46F3N7O6. The van der Waals surface area contributed by atoms with Crippen molar-refractivity contribution in [1.82, 2.24) is 25.2 Å². The summed E-state index contributed by atoms with van der Waals surface area (Å²) in [6, 6.07) is 11.3. The van der Waals surface area contributed by atoms with E-state index in [0.29, 0.717) is 43.9 Å². The van der Waals surface area contributed by atoms with E-state index >= 15 is 0 Å². The van der Waals surface area contributed by atoms with Crippen molar-refractivity contribution in [3.05, 3.63) is 53.6 Å². The first-order chi connectivity index (χ1) is 23.7. The molecule has 2 atom stereocenters. The van der Waals surface area contributed by atoms with Gasteiger partial charge in [0.05, 0.1) is 31.0 Å². The first-order valence-corrected chi connectivity index (χ1v) is 16.4. The van der Waals surface area contributed by atoms with Crippen LogP contribution in [0.3, 0.4) is 0 Å². The summed E-state index contributed by atoms with van der Waals surface area (Å²) in [5, 5.41) is 29.9. The molecule has 0 fully saturated rings. The fourth-order valence-electron chi connectivity index (χ4n) is 5.29. The zero-order valence-corrected chi connectivity index (χ0v) is 28.7. The third-order valence-corrected chi connectivity index (χ3v) is 7.57. The van der Waals surface area contributed by atoms with Gasteiger partial charge in [-0.25, -0.2) is 0 Å². The number of benzene rings is 2. The molecule has 3 aromatic rings. The van der Waals surface area contributed by atoms with Gasteiger partial charge in [-0.1, -0.05) is 26.0 Å². The first kappa shape index (κ1) is 38.4. The number of halogens is 3. The van der Waals surface area contributed by atoms with Crippen LogP contribution in [-0.4, -0.2) is 101 Å². The van der Waals surface area contributed by atoms with E-state index in [0.717, 1.165) is 12.1 Å². The summed E-state index contributed by atoms with van der Waals surface area (Å²) in [6.07, 6.45) is -5.05. The highest BCUT2D eigenvalue weighted by molar-refractivity contribution is 5.97. The van der Waals surface area contributed by atoms with Crippen LogP contribution in [0.25, 0.3) is 0 Å². The summed E-state index contributed by atoms with van der Waals surface area (Å²) in [7, 11) is 3.91. The molecule has 0 radical (unpaired) electrons. The van der Waals surface area contributed by atoms with Gasteiger partial charge in [0.1, 0.15) is 11.5 Å². The van der Waals surface area contributed by atoms with Gasteiger partial charge in [0.2, 0.25) is 11.9 Å². The molecule has 2 aliphatic heterocycles. The van der Waals surface area contributed by atoms with Crippen LogP contribution in [0, 0.1) is 5.41 Å². The van der Waals surface area contributed by atoms with Crippen molar-refractivity contribution in [2.75, 3.05) is 57.6 Å². The van der Waals surface area contributed by atoms with E-state index in [2.05, 4.69) is 30.9 Å². The highest BCUT2D eigenvalue weighted by Crippen LogP contribution is 2.28. The fraction of sp³-hybridized carbons (Fsp3) is 0.529. The summed E-state index contributed by atoms with van der Waals surface area (Å²) in [5.41, 5.74) is 1.21. The number of hydrogen-bond acceptors (Lipinski definition) is 12. The Kier molecular flexibility index (Phi) is 13.4. The highest BCUT2D eigenvalue weighted by Gasteiger charge is 2.29. The van der Waals surface area contributed by atoms with Crippen LogP contribution in [-0.2, 0) is 6.54 Å². The number of ether oxygens (including phenoxy) is 3. The molecule has 0 saturated carbocycles. The van der Waals surface area contributed by atoms with Crippen molar-refractivity contribution < 1.29 is 42.4 Å². The number of nitrogens with zero attached hydrogens (tertiary/aromatic N) is 4. The van der Waals surface area contributed by atoms with Crippen molar-refractivity contribution in [3.8, 4) is 17.5 Å². The van der Waals surface area contributed by atoms with Gasteiger partial charge in [-0.3, -0.25) is 4.79 Å². The molecular weight excluding hydrogens is 659 g/mol. The van der Waals surface area contributed by atoms with Crippen LogP contribution in [0.4, 0.5) is 30.8 Å². The summed E-state index contributed by atoms with van der Waals surface area (Å²) < 4.78 is 55.6. The van der Waals surface area contributed by atoms with Gasteiger partial charge in [-0.15, -0.1) is 0 Å². The molecule has 5 N–H and O–H groups in total. The van der Waals surface area contributed by atoms with Crippen LogP contribution in [0.1, 0.15) is 55.5 Å². The molecule has 2 unspecified atom stereocenters. The maximum absolute atomic E-state index is 13.4. The molecule has 5 rings (SSSR count). The Labute approximate surface area is 289 Å². The number of aliphatic hydroxyl groups excluding tert-OH is 2. The average molecular weight is 706 g/mol. The lowest BCUT2D eigenvalue weighted by molar-refractivity contribution is -0.154. The zero-order valence-electron chi connectivity index (χ0n) is 28.7. The largest absolute Gasteiger partial charge is 0.494 e. The molecule has 0 aliphatic carbocycles. The van der Waals surface area contributed by atoms with Gasteiger partial charge in [-0.05, 0) is 75.0 Å². The Balaban J connectivity index is 1.63. The Hall–Kier alpha value is -4.41. The Morgan fingerprint density at radius 2 is 1.64 bits per heavy atom. The number of alkyl halides is 3. The second-order valence-electron chi connectivity index (χ2n) is 13.2. The number of anilines is 3. The number of rotatable bonds is 7. The van der Waals surface area contributed by atoms with Crippen LogP contribution >= 0.6 is 0 Å². The number of amides is 1. The number of carbonyl (C=O) groups excluding carboxylic acids is 1. The van der Waals surface area contributed by atoms with Gasteiger partial charge in [0, 0.05) is 31.4 Å². The van der Waals surface area contributed by atoms with Crippen LogP contribution in [0.5, 0.6) is 17.5 Å². The van der Waals surface area contributed by atoms with Crippen molar-refractivity contribution in [1.29, 1.82) is 0 Å². The molecule has 274 valence electrons. The number of hydrogen-bond donors (Lipinski definition) is 5. The number of nitrogens with one attached hydrogen (secondary N) is 3. The highest BCUT2D eigenvalue weighted by atomic mass is 19.4. The van der Waals surface area contributed by atoms with Gasteiger partial charge in [0.15, 0.2) is 6.61 Å². The van der Waals surface area contributed by atoms with E-state index in [4.69, 9.17) is 14.2 Å². The molecule has 0 saturated heterocycles. The lowest BCUT2D eigenvalue weighted by Crippen LogP contribution is -2.40. The smallest absolute Gasteiger partial charge is 0.422 e. The Bertz CT molecular complexity index is 1540. The predicted molar refractivity (Wildman–Crippen MR) is 181 cm³/mol. The standard InChI is InChI=1S/C34H46F3N7O6/c1-33(2,20-44(3)4)19-39-29(47)25-14-11-23-17-28(25)49-16-6-8-27(46)26(45)7-5-15-48-24-12-9-22(10-13-24)18-38-30-41-31(40-23)43-32(42-30)50-21-34(35,36)37/h9-14,17,26-27,45-46H,5-8,15-16,18-21H2,1-4H3,(H,39,47)(H2,38,40,41,42,43). The molecule has 1 aromatic heterocycles. The maximum Gasteiger partial charge on any atom is 0.422 e. The number of aromatic nitrogens is 3. The third kappa shape index (κ3) is 12.8. The normalized spacial score (nSPS) is 17.9. The van der Waals surface area contributed by atoms with Gasteiger partial charge < -0.3 is 45.3 Å². The second-order valence-corrected chi connectivity index (χ2v) is 13.2. The lowest BCUT2D eigenvalue weighted by Gasteiger charge is -2.28. The average Bonchev–Trinajstić information content (AvgIpc) is 3.05. The maximum atomic E-state index is 13.4. The molecule has 0 spiro atoms. The summed E-state index contributed by atoms with van der Waals surface area (Å²) >= 11 is 0. The summed E-state index contributed by atoms with van der Waals surface area (Å²) in [5.74, 6) is 0.306. The first-order valence-electron chi connectivity index (χ1n) is 16.4. The van der Waals surface area contributed by atoms with E-state index in [1.54, 1.807) is 42.5 Å². The molecule has 2 aliphatic rings. The number of aliphatic hydroxyl groups is 2. The predicted octanol–water partition coefficient (Wildman–Crippen LogP) is 4.54. The molecule has 3 heterocycles. The molecule has 2 aromatic carbocycles. The van der Waals surface area contributed by atoms with Gasteiger partial charge >= 0.3 is 12.2 Å². The van der Waals surface area contributed by atoms with E-state index in [1.165, 1.54) is 0 Å². The summed E-state index contributed by atoms with van der Waals surface area (Å²) in [4.78, 5) is 27.7. The Morgan fingerprint density at radius 1 is 0.980 bits per heavy atom. The molecule has 13 nitrogen and oxygen atoms in total. The zero-order chi connectivity index (χ0) is 36.3. The van der Waals surface area contributed by atoms with E-state index < -0.39 is 31.0 Å².